The second kappa shape index (κ2) is 5.80. The average molecular weight is 268 g/mol. The minimum Gasteiger partial charge on any atom is -0.350 e. The molecule has 0 N–H and O–H groups in total. The van der Waals surface area contributed by atoms with Crippen LogP contribution in [0.4, 0.5) is 11.5 Å². The first-order chi connectivity index (χ1) is 9.61. The standard InChI is InChI=1S/C14H12N4O2/c1-17(10-12-6-4-11(9-15)5-7-12)14-13(18(19)20)3-2-8-16-14/h2-8H,10H2,1H3. The van der Waals surface area contributed by atoms with Crippen molar-refractivity contribution in [3.05, 3.63) is 63.8 Å². The number of rotatable bonds is 4. The van der Waals surface area contributed by atoms with Crippen molar-refractivity contribution in [1.29, 1.82) is 5.26 Å². The normalized spacial score (nSPS) is 9.80. The third-order valence-electron chi connectivity index (χ3n) is 2.83. The van der Waals surface area contributed by atoms with E-state index in [1.165, 1.54) is 18.3 Å². The zero-order valence-electron chi connectivity index (χ0n) is 10.9. The summed E-state index contributed by atoms with van der Waals surface area (Å²) in [6.45, 7) is 0.476. The summed E-state index contributed by atoms with van der Waals surface area (Å²) in [6.07, 6.45) is 1.53. The molecule has 0 saturated carbocycles. The van der Waals surface area contributed by atoms with Gasteiger partial charge in [-0.15, -0.1) is 0 Å². The monoisotopic (exact) mass is 268 g/mol. The lowest BCUT2D eigenvalue weighted by Crippen LogP contribution is -2.18. The summed E-state index contributed by atoms with van der Waals surface area (Å²) in [4.78, 5) is 16.3. The molecule has 0 atom stereocenters. The molecule has 100 valence electrons. The van der Waals surface area contributed by atoms with Gasteiger partial charge >= 0.3 is 5.69 Å². The van der Waals surface area contributed by atoms with Gasteiger partial charge in [0.25, 0.3) is 0 Å². The molecule has 0 radical (unpaired) electrons. The average Bonchev–Trinajstić information content (AvgIpc) is 2.48. The van der Waals surface area contributed by atoms with Crippen LogP contribution in [-0.2, 0) is 6.54 Å². The highest BCUT2D eigenvalue weighted by Gasteiger charge is 2.17. The second-order valence-electron chi connectivity index (χ2n) is 4.27. The summed E-state index contributed by atoms with van der Waals surface area (Å²) < 4.78 is 0. The summed E-state index contributed by atoms with van der Waals surface area (Å²) in [6, 6.07) is 12.1. The van der Waals surface area contributed by atoms with Gasteiger partial charge < -0.3 is 4.90 Å². The molecule has 1 aromatic heterocycles. The number of nitriles is 1. The van der Waals surface area contributed by atoms with Crippen LogP contribution in [0.2, 0.25) is 0 Å². The number of aromatic nitrogens is 1. The third-order valence-corrected chi connectivity index (χ3v) is 2.83. The molecule has 0 unspecified atom stereocenters. The number of nitro groups is 1. The van der Waals surface area contributed by atoms with Crippen molar-refractivity contribution in [3.8, 4) is 6.07 Å². The van der Waals surface area contributed by atoms with Crippen LogP contribution in [0.3, 0.4) is 0 Å². The summed E-state index contributed by atoms with van der Waals surface area (Å²) in [5.74, 6) is 0.321. The Kier molecular flexibility index (Phi) is 3.91. The van der Waals surface area contributed by atoms with E-state index in [1.807, 2.05) is 18.2 Å². The second-order valence-corrected chi connectivity index (χ2v) is 4.27. The third kappa shape index (κ3) is 2.90. The molecule has 0 bridgehead atoms. The lowest BCUT2D eigenvalue weighted by atomic mass is 10.1. The quantitative estimate of drug-likeness (QED) is 0.628. The van der Waals surface area contributed by atoms with Gasteiger partial charge in [-0.05, 0) is 23.8 Å². The Morgan fingerprint density at radius 1 is 1.35 bits per heavy atom. The van der Waals surface area contributed by atoms with Crippen molar-refractivity contribution in [3.63, 3.8) is 0 Å². The smallest absolute Gasteiger partial charge is 0.311 e. The molecular weight excluding hydrogens is 256 g/mol. The van der Waals surface area contributed by atoms with Crippen molar-refractivity contribution in [2.45, 2.75) is 6.54 Å². The zero-order chi connectivity index (χ0) is 14.5. The molecule has 20 heavy (non-hydrogen) atoms. The van der Waals surface area contributed by atoms with Gasteiger partial charge in [0.1, 0.15) is 0 Å². The molecule has 6 heteroatoms. The van der Waals surface area contributed by atoms with E-state index in [0.717, 1.165) is 5.56 Å². The van der Waals surface area contributed by atoms with E-state index in [9.17, 15) is 10.1 Å². The van der Waals surface area contributed by atoms with E-state index in [2.05, 4.69) is 4.98 Å². The van der Waals surface area contributed by atoms with Gasteiger partial charge in [0.05, 0.1) is 16.6 Å². The highest BCUT2D eigenvalue weighted by Crippen LogP contribution is 2.24. The van der Waals surface area contributed by atoms with Crippen LogP contribution >= 0.6 is 0 Å². The fourth-order valence-corrected chi connectivity index (χ4v) is 1.86. The molecule has 1 heterocycles. The van der Waals surface area contributed by atoms with E-state index in [4.69, 9.17) is 5.26 Å². The number of anilines is 1. The van der Waals surface area contributed by atoms with Crippen LogP contribution in [0.15, 0.2) is 42.6 Å². The van der Waals surface area contributed by atoms with Gasteiger partial charge in [-0.25, -0.2) is 4.98 Å². The van der Waals surface area contributed by atoms with Crippen molar-refractivity contribution < 1.29 is 4.92 Å². The van der Waals surface area contributed by atoms with Gasteiger partial charge in [-0.2, -0.15) is 5.26 Å². The van der Waals surface area contributed by atoms with Gasteiger partial charge in [0.2, 0.25) is 5.82 Å². The van der Waals surface area contributed by atoms with Gasteiger partial charge in [-0.1, -0.05) is 12.1 Å². The summed E-state index contributed by atoms with van der Waals surface area (Å²) in [5, 5.41) is 19.7. The predicted octanol–water partition coefficient (Wildman–Crippen LogP) is 2.50. The van der Waals surface area contributed by atoms with E-state index >= 15 is 0 Å². The maximum absolute atomic E-state index is 11.0. The number of benzene rings is 1. The molecule has 0 spiro atoms. The van der Waals surface area contributed by atoms with Crippen LogP contribution in [0.5, 0.6) is 0 Å². The number of hydrogen-bond acceptors (Lipinski definition) is 5. The van der Waals surface area contributed by atoms with Crippen LogP contribution in [0.1, 0.15) is 11.1 Å². The van der Waals surface area contributed by atoms with Crippen molar-refractivity contribution in [1.82, 2.24) is 4.98 Å². The van der Waals surface area contributed by atoms with Crippen molar-refractivity contribution >= 4 is 11.5 Å². The lowest BCUT2D eigenvalue weighted by molar-refractivity contribution is -0.384. The minimum absolute atomic E-state index is 0.0244. The van der Waals surface area contributed by atoms with E-state index in [-0.39, 0.29) is 5.69 Å². The number of nitrogens with zero attached hydrogens (tertiary/aromatic N) is 4. The van der Waals surface area contributed by atoms with Crippen LogP contribution in [0, 0.1) is 21.4 Å². The topological polar surface area (TPSA) is 83.1 Å². The summed E-state index contributed by atoms with van der Waals surface area (Å²) in [7, 11) is 1.74. The Balaban J connectivity index is 2.21. The molecule has 0 amide bonds. The maximum atomic E-state index is 11.0. The fraction of sp³-hybridized carbons (Fsp3) is 0.143. The fourth-order valence-electron chi connectivity index (χ4n) is 1.86. The number of pyridine rings is 1. The Bertz CT molecular complexity index is 662. The van der Waals surface area contributed by atoms with Gasteiger partial charge in [0, 0.05) is 25.9 Å². The predicted molar refractivity (Wildman–Crippen MR) is 74.2 cm³/mol. The van der Waals surface area contributed by atoms with Gasteiger partial charge in [0.15, 0.2) is 0 Å². The molecular formula is C14H12N4O2. The summed E-state index contributed by atoms with van der Waals surface area (Å²) in [5.41, 5.74) is 1.51. The van der Waals surface area contributed by atoms with Crippen LogP contribution < -0.4 is 4.90 Å². The largest absolute Gasteiger partial charge is 0.350 e. The first-order valence-electron chi connectivity index (χ1n) is 5.91. The van der Waals surface area contributed by atoms with Crippen molar-refractivity contribution in [2.75, 3.05) is 11.9 Å². The first kappa shape index (κ1) is 13.5. The Morgan fingerprint density at radius 2 is 2.05 bits per heavy atom. The first-order valence-corrected chi connectivity index (χ1v) is 5.91. The zero-order valence-corrected chi connectivity index (χ0v) is 10.9. The minimum atomic E-state index is -0.447. The SMILES string of the molecule is CN(Cc1ccc(C#N)cc1)c1ncccc1[N+](=O)[O-]. The lowest BCUT2D eigenvalue weighted by Gasteiger charge is -2.17. The van der Waals surface area contributed by atoms with E-state index < -0.39 is 4.92 Å². The molecule has 0 aliphatic heterocycles. The van der Waals surface area contributed by atoms with Gasteiger partial charge in [-0.3, -0.25) is 10.1 Å². The molecule has 0 fully saturated rings. The molecule has 0 aliphatic carbocycles. The maximum Gasteiger partial charge on any atom is 0.311 e. The Hall–Kier alpha value is -2.94. The molecule has 1 aromatic carbocycles. The molecule has 0 saturated heterocycles. The van der Waals surface area contributed by atoms with E-state index in [0.29, 0.717) is 17.9 Å². The summed E-state index contributed by atoms with van der Waals surface area (Å²) >= 11 is 0. The molecule has 6 nitrogen and oxygen atoms in total. The van der Waals surface area contributed by atoms with Crippen molar-refractivity contribution in [2.24, 2.45) is 0 Å². The molecule has 2 rings (SSSR count). The Morgan fingerprint density at radius 3 is 2.65 bits per heavy atom. The van der Waals surface area contributed by atoms with E-state index in [1.54, 1.807) is 24.1 Å². The Labute approximate surface area is 116 Å². The highest BCUT2D eigenvalue weighted by molar-refractivity contribution is 5.57. The number of hydrogen-bond donors (Lipinski definition) is 0. The molecule has 0 aliphatic rings. The van der Waals surface area contributed by atoms with Crippen LogP contribution in [0.25, 0.3) is 0 Å². The molecule has 2 aromatic rings. The highest BCUT2D eigenvalue weighted by atomic mass is 16.6. The van der Waals surface area contributed by atoms with Crippen LogP contribution in [-0.4, -0.2) is 17.0 Å².